The van der Waals surface area contributed by atoms with Crippen molar-refractivity contribution in [3.63, 3.8) is 0 Å². The average Bonchev–Trinajstić information content (AvgIpc) is 2.58. The minimum absolute atomic E-state index is 0.575. The molecule has 4 nitrogen and oxygen atoms in total. The maximum absolute atomic E-state index is 4.06. The zero-order valence-corrected chi connectivity index (χ0v) is 5.68. The summed E-state index contributed by atoms with van der Waals surface area (Å²) in [5.41, 5.74) is 0.755. The van der Waals surface area contributed by atoms with Gasteiger partial charge >= 0.3 is 0 Å². The summed E-state index contributed by atoms with van der Waals surface area (Å²) in [5.74, 6) is 0.575. The Hall–Kier alpha value is -1.71. The van der Waals surface area contributed by atoms with Crippen molar-refractivity contribution in [2.75, 3.05) is 0 Å². The molecule has 0 aliphatic carbocycles. The molecule has 0 aliphatic rings. The van der Waals surface area contributed by atoms with E-state index in [-0.39, 0.29) is 0 Å². The van der Waals surface area contributed by atoms with Crippen LogP contribution in [0.25, 0.3) is 11.5 Å². The van der Waals surface area contributed by atoms with Crippen LogP contribution in [-0.2, 0) is 0 Å². The molecule has 2 aromatic rings. The van der Waals surface area contributed by atoms with Gasteiger partial charge in [0.25, 0.3) is 0 Å². The highest BCUT2D eigenvalue weighted by molar-refractivity contribution is 5.46. The largest absolute Gasteiger partial charge is 0.364 e. The van der Waals surface area contributed by atoms with Crippen LogP contribution in [0.5, 0.6) is 0 Å². The van der Waals surface area contributed by atoms with Gasteiger partial charge in [-0.2, -0.15) is 0 Å². The molecule has 0 amide bonds. The van der Waals surface area contributed by atoms with E-state index in [2.05, 4.69) is 20.2 Å². The Labute approximate surface area is 63.3 Å². The lowest BCUT2D eigenvalue weighted by molar-refractivity contribution is 1.09. The molecule has 0 aliphatic heterocycles. The van der Waals surface area contributed by atoms with Crippen molar-refractivity contribution in [2.24, 2.45) is 0 Å². The summed E-state index contributed by atoms with van der Waals surface area (Å²) in [7, 11) is 0. The molecule has 0 spiro atoms. The second-order valence-electron chi connectivity index (χ2n) is 2.00. The lowest BCUT2D eigenvalue weighted by Gasteiger charge is -1.96. The molecular formula is C7H5N4-. The molecule has 0 saturated heterocycles. The molecule has 0 radical (unpaired) electrons. The van der Waals surface area contributed by atoms with Crippen LogP contribution in [0.1, 0.15) is 0 Å². The van der Waals surface area contributed by atoms with E-state index in [1.807, 2.05) is 18.2 Å². The zero-order valence-electron chi connectivity index (χ0n) is 5.68. The average molecular weight is 145 g/mol. The van der Waals surface area contributed by atoms with Gasteiger partial charge in [0.05, 0.1) is 5.69 Å². The minimum atomic E-state index is 0.575. The van der Waals surface area contributed by atoms with E-state index in [0.29, 0.717) is 5.82 Å². The van der Waals surface area contributed by atoms with Crippen molar-refractivity contribution < 1.29 is 0 Å². The van der Waals surface area contributed by atoms with Crippen molar-refractivity contribution in [2.45, 2.75) is 0 Å². The van der Waals surface area contributed by atoms with Gasteiger partial charge in [-0.15, -0.1) is 0 Å². The predicted molar refractivity (Wildman–Crippen MR) is 38.6 cm³/mol. The topological polar surface area (TPSA) is 52.8 Å². The molecule has 0 atom stereocenters. The summed E-state index contributed by atoms with van der Waals surface area (Å²) < 4.78 is 0. The van der Waals surface area contributed by atoms with Gasteiger partial charge in [0.15, 0.2) is 0 Å². The minimum Gasteiger partial charge on any atom is -0.364 e. The van der Waals surface area contributed by atoms with E-state index in [0.717, 1.165) is 5.69 Å². The Kier molecular flexibility index (Phi) is 1.37. The monoisotopic (exact) mass is 145 g/mol. The van der Waals surface area contributed by atoms with Gasteiger partial charge in [0, 0.05) is 12.0 Å². The number of aromatic nitrogens is 4. The van der Waals surface area contributed by atoms with Gasteiger partial charge in [-0.3, -0.25) is 4.98 Å². The molecule has 0 unspecified atom stereocenters. The fourth-order valence-corrected chi connectivity index (χ4v) is 0.799. The van der Waals surface area contributed by atoms with E-state index in [4.69, 9.17) is 0 Å². The van der Waals surface area contributed by atoms with Crippen molar-refractivity contribution >= 4 is 0 Å². The van der Waals surface area contributed by atoms with E-state index in [1.54, 1.807) is 6.20 Å². The molecule has 0 N–H and O–H groups in total. The van der Waals surface area contributed by atoms with Crippen LogP contribution >= 0.6 is 0 Å². The summed E-state index contributed by atoms with van der Waals surface area (Å²) in [6.07, 6.45) is 3.11. The summed E-state index contributed by atoms with van der Waals surface area (Å²) >= 11 is 0. The smallest absolute Gasteiger partial charge is 0.0756 e. The molecule has 2 rings (SSSR count). The molecule has 2 aromatic heterocycles. The number of hydrogen-bond donors (Lipinski definition) is 0. The van der Waals surface area contributed by atoms with Gasteiger partial charge in [-0.1, -0.05) is 6.07 Å². The van der Waals surface area contributed by atoms with Crippen molar-refractivity contribution in [3.05, 3.63) is 30.7 Å². The molecule has 11 heavy (non-hydrogen) atoms. The van der Waals surface area contributed by atoms with Gasteiger partial charge in [-0.25, -0.2) is 0 Å². The maximum atomic E-state index is 4.06. The van der Waals surface area contributed by atoms with Crippen LogP contribution in [-0.4, -0.2) is 15.2 Å². The van der Waals surface area contributed by atoms with E-state index < -0.39 is 0 Å². The number of hydrogen-bond acceptors (Lipinski definition) is 3. The third kappa shape index (κ3) is 1.10. The Morgan fingerprint density at radius 2 is 2.27 bits per heavy atom. The van der Waals surface area contributed by atoms with E-state index >= 15 is 0 Å². The highest BCUT2D eigenvalue weighted by atomic mass is 15.2. The number of rotatable bonds is 1. The van der Waals surface area contributed by atoms with Gasteiger partial charge in [0.1, 0.15) is 0 Å². The highest BCUT2D eigenvalue weighted by Gasteiger charge is 1.90. The summed E-state index contributed by atoms with van der Waals surface area (Å²) in [5, 5.41) is 7.36. The van der Waals surface area contributed by atoms with Gasteiger partial charge < -0.3 is 15.2 Å². The number of nitrogens with zero attached hydrogens (tertiary/aromatic N) is 4. The van der Waals surface area contributed by atoms with E-state index in [1.165, 1.54) is 6.33 Å². The molecule has 54 valence electrons. The summed E-state index contributed by atoms with van der Waals surface area (Å²) in [4.78, 5) is 7.96. The Morgan fingerprint density at radius 1 is 1.27 bits per heavy atom. The molecule has 2 heterocycles. The molecule has 0 bridgehead atoms. The molecule has 0 fully saturated rings. The first kappa shape index (κ1) is 6.03. The van der Waals surface area contributed by atoms with E-state index in [9.17, 15) is 0 Å². The SMILES string of the molecule is c1ccc(-c2nnc[n-]2)nc1. The second-order valence-corrected chi connectivity index (χ2v) is 2.00. The predicted octanol–water partition coefficient (Wildman–Crippen LogP) is 0.496. The first-order valence-corrected chi connectivity index (χ1v) is 3.18. The van der Waals surface area contributed by atoms with Crippen LogP contribution in [0.4, 0.5) is 0 Å². The van der Waals surface area contributed by atoms with Gasteiger partial charge in [0.2, 0.25) is 0 Å². The van der Waals surface area contributed by atoms with Crippen molar-refractivity contribution in [1.29, 1.82) is 0 Å². The molecule has 0 aromatic carbocycles. The molecule has 0 saturated carbocycles. The van der Waals surface area contributed by atoms with Crippen LogP contribution < -0.4 is 4.98 Å². The first-order valence-electron chi connectivity index (χ1n) is 3.18. The summed E-state index contributed by atoms with van der Waals surface area (Å²) in [6, 6.07) is 5.58. The standard InChI is InChI=1S/C7H5N4/c1-2-4-8-6(3-1)7-9-5-10-11-7/h1-5H/q-1. The second kappa shape index (κ2) is 2.49. The quantitative estimate of drug-likeness (QED) is 0.586. The lowest BCUT2D eigenvalue weighted by atomic mass is 10.3. The first-order chi connectivity index (χ1) is 5.47. The fraction of sp³-hybridized carbons (Fsp3) is 0. The lowest BCUT2D eigenvalue weighted by Crippen LogP contribution is -1.84. The molecule has 4 heteroatoms. The van der Waals surface area contributed by atoms with Crippen LogP contribution in [0.3, 0.4) is 0 Å². The fourth-order valence-electron chi connectivity index (χ4n) is 0.799. The Morgan fingerprint density at radius 3 is 2.91 bits per heavy atom. The van der Waals surface area contributed by atoms with Crippen LogP contribution in [0, 0.1) is 0 Å². The normalized spacial score (nSPS) is 9.82. The van der Waals surface area contributed by atoms with Gasteiger partial charge in [-0.05, 0) is 18.5 Å². The van der Waals surface area contributed by atoms with Crippen molar-refractivity contribution in [1.82, 2.24) is 20.2 Å². The zero-order chi connectivity index (χ0) is 7.52. The summed E-state index contributed by atoms with van der Waals surface area (Å²) in [6.45, 7) is 0. The Bertz CT molecular complexity index is 313. The third-order valence-corrected chi connectivity index (χ3v) is 1.28. The van der Waals surface area contributed by atoms with Crippen LogP contribution in [0.2, 0.25) is 0 Å². The third-order valence-electron chi connectivity index (χ3n) is 1.28. The highest BCUT2D eigenvalue weighted by Crippen LogP contribution is 2.06. The molecular weight excluding hydrogens is 140 g/mol. The number of pyridine rings is 1. The maximum Gasteiger partial charge on any atom is 0.0756 e. The van der Waals surface area contributed by atoms with Crippen molar-refractivity contribution in [3.8, 4) is 11.5 Å². The van der Waals surface area contributed by atoms with Crippen LogP contribution in [0.15, 0.2) is 30.7 Å². The Balaban J connectivity index is 2.46.